The maximum absolute atomic E-state index is 12.9. The first-order valence-electron chi connectivity index (χ1n) is 20.5. The van der Waals surface area contributed by atoms with E-state index in [0.29, 0.717) is 65.5 Å². The Labute approximate surface area is 349 Å². The van der Waals surface area contributed by atoms with Crippen LogP contribution < -0.4 is 15.8 Å². The Morgan fingerprint density at radius 1 is 0.932 bits per heavy atom. The van der Waals surface area contributed by atoms with E-state index >= 15 is 0 Å². The number of H-pyrrole nitrogens is 1. The van der Waals surface area contributed by atoms with Gasteiger partial charge in [-0.15, -0.1) is 0 Å². The zero-order chi connectivity index (χ0) is 42.9. The van der Waals surface area contributed by atoms with Crippen LogP contribution in [-0.4, -0.2) is 82.4 Å². The molecule has 3 amide bonds. The van der Waals surface area contributed by atoms with Crippen LogP contribution in [0.4, 0.5) is 0 Å². The second kappa shape index (κ2) is 22.8. The summed E-state index contributed by atoms with van der Waals surface area (Å²) in [6, 6.07) is 28.4. The van der Waals surface area contributed by atoms with Gasteiger partial charge < -0.3 is 35.8 Å². The van der Waals surface area contributed by atoms with Crippen LogP contribution in [0.2, 0.25) is 0 Å². The number of nitrogens with two attached hydrogens (primary N) is 1. The molecule has 5 N–H and O–H groups in total. The molecule has 2 saturated heterocycles. The predicted octanol–water partition coefficient (Wildman–Crippen LogP) is 7.97. The summed E-state index contributed by atoms with van der Waals surface area (Å²) < 4.78 is 5.90. The molecule has 59 heavy (non-hydrogen) atoms. The highest BCUT2D eigenvalue weighted by Gasteiger charge is 2.37. The molecule has 4 unspecified atom stereocenters. The second-order valence-corrected chi connectivity index (χ2v) is 16.0. The lowest BCUT2D eigenvalue weighted by molar-refractivity contribution is -0.117. The van der Waals surface area contributed by atoms with Crippen LogP contribution in [0.3, 0.4) is 0 Å². The molecule has 1 saturated carbocycles. The molecule has 7 rings (SSSR count). The largest absolute Gasteiger partial charge is 0.457 e. The molecule has 0 radical (unpaired) electrons. The molecule has 2 aliphatic heterocycles. The quantitative estimate of drug-likeness (QED) is 0.0879. The number of nitrogens with one attached hydrogen (secondary N) is 3. The Kier molecular flexibility index (Phi) is 17.6. The van der Waals surface area contributed by atoms with Crippen molar-refractivity contribution in [2.24, 2.45) is 23.5 Å². The number of para-hydroxylation sites is 2. The number of aromatic nitrogens is 2. The summed E-state index contributed by atoms with van der Waals surface area (Å²) in [5, 5.41) is 17.4. The van der Waals surface area contributed by atoms with Crippen molar-refractivity contribution in [3.05, 3.63) is 125 Å². The number of hydrogen-bond donors (Lipinski definition) is 4. The number of likely N-dealkylation sites (tertiary alicyclic amines) is 2. The van der Waals surface area contributed by atoms with Crippen LogP contribution in [0.5, 0.6) is 11.5 Å². The van der Waals surface area contributed by atoms with E-state index < -0.39 is 0 Å². The third-order valence-electron chi connectivity index (χ3n) is 10.2. The average Bonchev–Trinajstić information content (AvgIpc) is 3.52. The van der Waals surface area contributed by atoms with Gasteiger partial charge in [-0.05, 0) is 91.8 Å². The van der Waals surface area contributed by atoms with Gasteiger partial charge in [-0.3, -0.25) is 19.5 Å². The molecule has 0 bridgehead atoms. The molecule has 3 heterocycles. The van der Waals surface area contributed by atoms with Crippen molar-refractivity contribution in [3.63, 3.8) is 0 Å². The van der Waals surface area contributed by atoms with Crippen molar-refractivity contribution >= 4 is 30.2 Å². The molecule has 314 valence electrons. The average molecular weight is 804 g/mol. The number of carbonyl (C=O) groups excluding carboxylic acids is 4. The lowest BCUT2D eigenvalue weighted by Gasteiger charge is -2.17. The van der Waals surface area contributed by atoms with Gasteiger partial charge in [0.25, 0.3) is 11.8 Å². The minimum atomic E-state index is -0.215. The van der Waals surface area contributed by atoms with Gasteiger partial charge in [0.05, 0.1) is 5.56 Å². The maximum atomic E-state index is 12.9. The number of rotatable bonds is 11. The van der Waals surface area contributed by atoms with Crippen molar-refractivity contribution in [2.75, 3.05) is 26.2 Å². The van der Waals surface area contributed by atoms with Crippen LogP contribution in [0, 0.1) is 23.2 Å². The van der Waals surface area contributed by atoms with E-state index in [1.807, 2.05) is 87.2 Å². The number of carbonyl (C=O) groups is 4. The molecule has 3 aliphatic rings. The lowest BCUT2D eigenvalue weighted by atomic mass is 10.1. The fourth-order valence-corrected chi connectivity index (χ4v) is 6.51. The molecular formula is C47H61N7O5. The maximum Gasteiger partial charge on any atom is 0.274 e. The number of ether oxygens (including phenoxy) is 1. The Morgan fingerprint density at radius 3 is 2.12 bits per heavy atom. The summed E-state index contributed by atoms with van der Waals surface area (Å²) in [5.41, 5.74) is 9.77. The monoisotopic (exact) mass is 803 g/mol. The molecule has 4 aromatic rings. The van der Waals surface area contributed by atoms with Gasteiger partial charge in [0.1, 0.15) is 23.5 Å². The van der Waals surface area contributed by atoms with Crippen LogP contribution in [-0.2, 0) is 9.59 Å². The third kappa shape index (κ3) is 14.7. The molecule has 12 nitrogen and oxygen atoms in total. The Hall–Kier alpha value is -6.04. The number of hydrogen-bond acceptors (Lipinski definition) is 8. The van der Waals surface area contributed by atoms with Crippen molar-refractivity contribution < 1.29 is 23.9 Å². The second-order valence-electron chi connectivity index (χ2n) is 16.0. The highest BCUT2D eigenvalue weighted by molar-refractivity contribution is 5.97. The van der Waals surface area contributed by atoms with E-state index in [0.717, 1.165) is 43.8 Å². The molecular weight excluding hydrogens is 743 g/mol. The summed E-state index contributed by atoms with van der Waals surface area (Å²) >= 11 is 0. The minimum Gasteiger partial charge on any atom is -0.457 e. The van der Waals surface area contributed by atoms with Crippen LogP contribution >= 0.6 is 0 Å². The molecule has 0 spiro atoms. The topological polar surface area (TPSA) is 175 Å². The van der Waals surface area contributed by atoms with E-state index in [4.69, 9.17) is 15.9 Å². The normalized spacial score (nSPS) is 19.3. The van der Waals surface area contributed by atoms with E-state index in [1.54, 1.807) is 42.2 Å². The summed E-state index contributed by atoms with van der Waals surface area (Å²) in [7, 11) is 0. The van der Waals surface area contributed by atoms with E-state index in [9.17, 15) is 19.2 Å². The molecule has 12 heteroatoms. The first kappa shape index (κ1) is 45.7. The predicted molar refractivity (Wildman–Crippen MR) is 233 cm³/mol. The number of aldehydes is 1. The highest BCUT2D eigenvalue weighted by atomic mass is 16.5. The molecule has 1 aromatic heterocycles. The molecule has 3 aromatic carbocycles. The van der Waals surface area contributed by atoms with Gasteiger partial charge in [0.2, 0.25) is 6.41 Å². The van der Waals surface area contributed by atoms with Gasteiger partial charge in [0, 0.05) is 55.2 Å². The first-order chi connectivity index (χ1) is 28.3. The van der Waals surface area contributed by atoms with Gasteiger partial charge in [-0.1, -0.05) is 95.3 Å². The van der Waals surface area contributed by atoms with Crippen LogP contribution in [0.15, 0.2) is 103 Å². The van der Waals surface area contributed by atoms with Crippen LogP contribution in [0.25, 0.3) is 0 Å². The SMILES string of the molecule is C/C(N)=C/C(=N)C(C)C.CC(C)c1cc(C(=O)N2CCC(NC(=O)c3ccccc3Oc3ccccc3)C2)n[nH]1.CC1CCN(C=O)C1.O=CC1CC1c1ccccc1. The third-order valence-corrected chi connectivity index (χ3v) is 10.2. The van der Waals surface area contributed by atoms with Crippen molar-refractivity contribution in [2.45, 2.75) is 78.7 Å². The van der Waals surface area contributed by atoms with Gasteiger partial charge in [-0.25, -0.2) is 0 Å². The van der Waals surface area contributed by atoms with Crippen molar-refractivity contribution in [1.82, 2.24) is 25.3 Å². The summed E-state index contributed by atoms with van der Waals surface area (Å²) in [6.45, 7) is 15.0. The van der Waals surface area contributed by atoms with Gasteiger partial charge >= 0.3 is 0 Å². The smallest absolute Gasteiger partial charge is 0.274 e. The Bertz CT molecular complexity index is 1990. The van der Waals surface area contributed by atoms with Gasteiger partial charge in [-0.2, -0.15) is 5.10 Å². The summed E-state index contributed by atoms with van der Waals surface area (Å²) in [4.78, 5) is 49.7. The lowest BCUT2D eigenvalue weighted by Crippen LogP contribution is -2.38. The Balaban J connectivity index is 0.000000221. The zero-order valence-corrected chi connectivity index (χ0v) is 35.3. The number of aromatic amines is 1. The molecule has 4 atom stereocenters. The first-order valence-corrected chi connectivity index (χ1v) is 20.5. The number of allylic oxidation sites excluding steroid dienone is 2. The molecule has 1 aliphatic carbocycles. The summed E-state index contributed by atoms with van der Waals surface area (Å²) in [5.74, 6) is 2.93. The number of amides is 3. The van der Waals surface area contributed by atoms with Crippen molar-refractivity contribution in [3.8, 4) is 11.5 Å². The highest BCUT2D eigenvalue weighted by Crippen LogP contribution is 2.45. The summed E-state index contributed by atoms with van der Waals surface area (Å²) in [6.07, 6.45) is 6.61. The van der Waals surface area contributed by atoms with E-state index in [1.165, 1.54) is 12.0 Å². The van der Waals surface area contributed by atoms with Crippen LogP contribution in [0.1, 0.15) is 105 Å². The van der Waals surface area contributed by atoms with Gasteiger partial charge in [0.15, 0.2) is 0 Å². The van der Waals surface area contributed by atoms with Crippen molar-refractivity contribution in [1.29, 1.82) is 5.41 Å². The standard InChI is InChI=1S/C24H26N4O3.C10H10O.C7H14N2.C6H11NO/c1-16(2)20-14-21(27-26-20)24(30)28-13-12-17(15-28)25-23(29)19-10-6-7-11-22(19)31-18-8-4-3-5-9-18;11-7-9-6-10(9)8-4-2-1-3-5-8;1-5(2)7(9)4-6(3)8;1-6-2-3-7(4-6)5-8/h3-11,14,16-17H,12-13,15H2,1-2H3,(H,25,29)(H,26,27);1-5,7,9-10H,6H2;4-5,9H,8H2,1-3H3;5-6H,2-4H2,1H3/b;;6-4-,9-7?;. The minimum absolute atomic E-state index is 0.118. The zero-order valence-electron chi connectivity index (χ0n) is 35.3. The van der Waals surface area contributed by atoms with E-state index in [2.05, 4.69) is 34.6 Å². The Morgan fingerprint density at radius 2 is 1.59 bits per heavy atom. The fraction of sp³-hybridized carbons (Fsp3) is 0.404. The fourth-order valence-electron chi connectivity index (χ4n) is 6.51. The molecule has 3 fully saturated rings. The number of nitrogens with zero attached hydrogens (tertiary/aromatic N) is 3. The van der Waals surface area contributed by atoms with E-state index in [-0.39, 0.29) is 29.7 Å². The number of benzene rings is 3.